The fraction of sp³-hybridized carbons (Fsp3) is 0.333. The maximum Gasteiger partial charge on any atom is 0.416 e. The van der Waals surface area contributed by atoms with E-state index in [0.717, 1.165) is 6.07 Å². The van der Waals surface area contributed by atoms with Gasteiger partial charge in [-0.25, -0.2) is 9.59 Å². The number of amides is 2. The molecule has 1 atom stereocenters. The van der Waals surface area contributed by atoms with Crippen molar-refractivity contribution in [1.29, 1.82) is 0 Å². The number of carboxylic acid groups (broad SMARTS) is 1. The second-order valence-electron chi connectivity index (χ2n) is 4.06. The Hall–Kier alpha value is -2.29. The lowest BCUT2D eigenvalue weighted by atomic mass is 10.1. The molecule has 2 amide bonds. The van der Waals surface area contributed by atoms with E-state index in [9.17, 15) is 22.8 Å². The number of urea groups is 1. The van der Waals surface area contributed by atoms with E-state index in [1.165, 1.54) is 18.2 Å². The lowest BCUT2D eigenvalue weighted by Gasteiger charge is -2.15. The molecule has 0 aliphatic carbocycles. The average molecular weight is 306 g/mol. The summed E-state index contributed by atoms with van der Waals surface area (Å²) in [5.41, 5.74) is -1.04. The number of aliphatic hydroxyl groups excluding tert-OH is 1. The van der Waals surface area contributed by atoms with E-state index < -0.39 is 42.9 Å². The van der Waals surface area contributed by atoms with Crippen LogP contribution in [0, 0.1) is 0 Å². The SMILES string of the molecule is O=C(NCc1ccccc1C(F)(F)F)N[C@@H](CO)C(=O)O. The average Bonchev–Trinajstić information content (AvgIpc) is 2.41. The van der Waals surface area contributed by atoms with E-state index >= 15 is 0 Å². The summed E-state index contributed by atoms with van der Waals surface area (Å²) < 4.78 is 38.1. The first kappa shape index (κ1) is 16.8. The largest absolute Gasteiger partial charge is 0.480 e. The zero-order valence-corrected chi connectivity index (χ0v) is 10.6. The van der Waals surface area contributed by atoms with Crippen LogP contribution >= 0.6 is 0 Å². The predicted molar refractivity (Wildman–Crippen MR) is 65.3 cm³/mol. The maximum absolute atomic E-state index is 12.7. The molecule has 6 nitrogen and oxygen atoms in total. The highest BCUT2D eigenvalue weighted by molar-refractivity contribution is 5.82. The number of aliphatic carboxylic acids is 1. The molecule has 0 radical (unpaired) electrons. The van der Waals surface area contributed by atoms with Gasteiger partial charge in [0, 0.05) is 6.54 Å². The van der Waals surface area contributed by atoms with Crippen LogP contribution in [-0.2, 0) is 17.5 Å². The van der Waals surface area contributed by atoms with Gasteiger partial charge in [0.2, 0.25) is 0 Å². The molecular weight excluding hydrogens is 293 g/mol. The Kier molecular flexibility index (Phi) is 5.53. The molecule has 0 fully saturated rings. The molecule has 1 rings (SSSR count). The van der Waals surface area contributed by atoms with E-state index in [2.05, 4.69) is 5.32 Å². The Morgan fingerprint density at radius 2 is 1.86 bits per heavy atom. The Morgan fingerprint density at radius 3 is 2.38 bits per heavy atom. The van der Waals surface area contributed by atoms with Crippen molar-refractivity contribution in [3.63, 3.8) is 0 Å². The zero-order chi connectivity index (χ0) is 16.0. The number of halogens is 3. The van der Waals surface area contributed by atoms with Crippen molar-refractivity contribution in [2.75, 3.05) is 6.61 Å². The Balaban J connectivity index is 2.68. The van der Waals surface area contributed by atoms with Crippen LogP contribution in [-0.4, -0.2) is 34.9 Å². The third-order valence-electron chi connectivity index (χ3n) is 2.55. The predicted octanol–water partition coefficient (Wildman–Crippen LogP) is 0.950. The topological polar surface area (TPSA) is 98.7 Å². The Morgan fingerprint density at radius 1 is 1.24 bits per heavy atom. The van der Waals surface area contributed by atoms with Gasteiger partial charge in [0.1, 0.15) is 0 Å². The van der Waals surface area contributed by atoms with Crippen LogP contribution in [0.1, 0.15) is 11.1 Å². The molecule has 0 unspecified atom stereocenters. The quantitative estimate of drug-likeness (QED) is 0.651. The van der Waals surface area contributed by atoms with Gasteiger partial charge in [0.25, 0.3) is 0 Å². The van der Waals surface area contributed by atoms with Crippen LogP contribution < -0.4 is 10.6 Å². The third kappa shape index (κ3) is 4.95. The molecule has 9 heteroatoms. The molecule has 1 aromatic carbocycles. The number of aliphatic hydroxyl groups is 1. The van der Waals surface area contributed by atoms with Crippen LogP contribution in [0.3, 0.4) is 0 Å². The molecule has 0 saturated heterocycles. The number of carbonyl (C=O) groups excluding carboxylic acids is 1. The highest BCUT2D eigenvalue weighted by atomic mass is 19.4. The molecule has 0 aliphatic heterocycles. The second kappa shape index (κ2) is 6.93. The molecule has 0 spiro atoms. The molecule has 0 aromatic heterocycles. The normalized spacial score (nSPS) is 12.6. The number of hydrogen-bond donors (Lipinski definition) is 4. The molecular formula is C12H13F3N2O4. The standard InChI is InChI=1S/C12H13F3N2O4/c13-12(14,15)8-4-2-1-3-7(8)5-16-11(21)17-9(6-18)10(19)20/h1-4,9,18H,5-6H2,(H,19,20)(H2,16,17,21)/t9-/m0/s1. The summed E-state index contributed by atoms with van der Waals surface area (Å²) in [6, 6.07) is 2.17. The van der Waals surface area contributed by atoms with E-state index in [1.807, 2.05) is 5.32 Å². The minimum Gasteiger partial charge on any atom is -0.480 e. The van der Waals surface area contributed by atoms with Gasteiger partial charge in [-0.15, -0.1) is 0 Å². The number of nitrogens with one attached hydrogen (secondary N) is 2. The lowest BCUT2D eigenvalue weighted by molar-refractivity contribution is -0.140. The number of hydrogen-bond acceptors (Lipinski definition) is 3. The summed E-state index contributed by atoms with van der Waals surface area (Å²) in [4.78, 5) is 21.9. The molecule has 0 heterocycles. The van der Waals surface area contributed by atoms with Crippen molar-refractivity contribution in [3.05, 3.63) is 35.4 Å². The van der Waals surface area contributed by atoms with Gasteiger partial charge in [-0.1, -0.05) is 18.2 Å². The first-order valence-electron chi connectivity index (χ1n) is 5.79. The molecule has 0 saturated carbocycles. The summed E-state index contributed by atoms with van der Waals surface area (Å²) in [5.74, 6) is -1.46. The van der Waals surface area contributed by atoms with Crippen LogP contribution in [0.15, 0.2) is 24.3 Å². The summed E-state index contributed by atoms with van der Waals surface area (Å²) >= 11 is 0. The number of benzene rings is 1. The van der Waals surface area contributed by atoms with Crippen LogP contribution in [0.5, 0.6) is 0 Å². The summed E-state index contributed by atoms with van der Waals surface area (Å²) in [5, 5.41) is 21.3. The zero-order valence-electron chi connectivity index (χ0n) is 10.6. The Bertz CT molecular complexity index is 519. The first-order chi connectivity index (χ1) is 9.75. The fourth-order valence-electron chi connectivity index (χ4n) is 1.52. The van der Waals surface area contributed by atoms with E-state index in [0.29, 0.717) is 0 Å². The number of carboxylic acids is 1. The van der Waals surface area contributed by atoms with Gasteiger partial charge >= 0.3 is 18.2 Å². The highest BCUT2D eigenvalue weighted by Crippen LogP contribution is 2.31. The smallest absolute Gasteiger partial charge is 0.416 e. The lowest BCUT2D eigenvalue weighted by Crippen LogP contribution is -2.47. The van der Waals surface area contributed by atoms with Gasteiger partial charge in [0.15, 0.2) is 6.04 Å². The van der Waals surface area contributed by atoms with Crippen molar-refractivity contribution in [2.24, 2.45) is 0 Å². The minimum atomic E-state index is -4.55. The molecule has 0 bridgehead atoms. The van der Waals surface area contributed by atoms with E-state index in [1.54, 1.807) is 0 Å². The first-order valence-corrected chi connectivity index (χ1v) is 5.79. The summed E-state index contributed by atoms with van der Waals surface area (Å²) in [7, 11) is 0. The van der Waals surface area contributed by atoms with Gasteiger partial charge < -0.3 is 20.8 Å². The highest BCUT2D eigenvalue weighted by Gasteiger charge is 2.32. The fourth-order valence-corrected chi connectivity index (χ4v) is 1.52. The maximum atomic E-state index is 12.7. The molecule has 0 aliphatic rings. The molecule has 1 aromatic rings. The van der Waals surface area contributed by atoms with Gasteiger partial charge in [-0.2, -0.15) is 13.2 Å². The second-order valence-corrected chi connectivity index (χ2v) is 4.06. The van der Waals surface area contributed by atoms with E-state index in [4.69, 9.17) is 10.2 Å². The van der Waals surface area contributed by atoms with Crippen LogP contribution in [0.25, 0.3) is 0 Å². The number of alkyl halides is 3. The molecule has 4 N–H and O–H groups in total. The van der Waals surface area contributed by atoms with Gasteiger partial charge in [-0.3, -0.25) is 0 Å². The monoisotopic (exact) mass is 306 g/mol. The minimum absolute atomic E-state index is 0.156. The molecule has 21 heavy (non-hydrogen) atoms. The van der Waals surface area contributed by atoms with Gasteiger partial charge in [0.05, 0.1) is 12.2 Å². The van der Waals surface area contributed by atoms with Crippen molar-refractivity contribution in [2.45, 2.75) is 18.8 Å². The van der Waals surface area contributed by atoms with Crippen LogP contribution in [0.2, 0.25) is 0 Å². The van der Waals surface area contributed by atoms with Crippen molar-refractivity contribution >= 4 is 12.0 Å². The number of rotatable bonds is 5. The summed E-state index contributed by atoms with van der Waals surface area (Å²) in [6.07, 6.45) is -4.55. The molecule has 116 valence electrons. The van der Waals surface area contributed by atoms with Crippen LogP contribution in [0.4, 0.5) is 18.0 Å². The third-order valence-corrected chi connectivity index (χ3v) is 2.55. The Labute approximate surface area is 117 Å². The summed E-state index contributed by atoms with van der Waals surface area (Å²) in [6.45, 7) is -1.26. The van der Waals surface area contributed by atoms with Crippen molar-refractivity contribution in [1.82, 2.24) is 10.6 Å². The van der Waals surface area contributed by atoms with E-state index in [-0.39, 0.29) is 5.56 Å². The number of carbonyl (C=O) groups is 2. The van der Waals surface area contributed by atoms with Crippen molar-refractivity contribution < 1.29 is 33.0 Å². The van der Waals surface area contributed by atoms with Gasteiger partial charge in [-0.05, 0) is 11.6 Å². The van der Waals surface area contributed by atoms with Crippen molar-refractivity contribution in [3.8, 4) is 0 Å².